The summed E-state index contributed by atoms with van der Waals surface area (Å²) >= 11 is 0. The number of carbonyl (C=O) groups is 1. The number of aryl methyl sites for hydroxylation is 2. The van der Waals surface area contributed by atoms with Crippen LogP contribution < -0.4 is 0 Å². The maximum absolute atomic E-state index is 13.7. The van der Waals surface area contributed by atoms with Gasteiger partial charge in [0.1, 0.15) is 0 Å². The number of aromatic nitrogens is 2. The zero-order chi connectivity index (χ0) is 19.1. The molecule has 138 valence electrons. The molecule has 2 heterocycles. The predicted octanol–water partition coefficient (Wildman–Crippen LogP) is 4.78. The number of nitrogens with zero attached hydrogens (tertiary/aromatic N) is 3. The van der Waals surface area contributed by atoms with Crippen molar-refractivity contribution in [2.24, 2.45) is 5.92 Å². The van der Waals surface area contributed by atoms with Gasteiger partial charge in [0.05, 0.1) is 22.8 Å². The second-order valence-electron chi connectivity index (χ2n) is 7.67. The van der Waals surface area contributed by atoms with Crippen molar-refractivity contribution < 1.29 is 4.79 Å². The Balaban J connectivity index is 1.82. The van der Waals surface area contributed by atoms with Crippen LogP contribution >= 0.6 is 0 Å². The molecular formula is C23H25N3O. The molecule has 0 N–H and O–H groups in total. The number of benzene rings is 1. The molecular weight excluding hydrogens is 334 g/mol. The number of carbonyl (C=O) groups excluding carboxylic acids is 1. The topological polar surface area (TPSA) is 46.1 Å². The fraction of sp³-hybridized carbons (Fsp3) is 0.348. The Kier molecular flexibility index (Phi) is 4.42. The van der Waals surface area contributed by atoms with Crippen molar-refractivity contribution in [3.63, 3.8) is 0 Å². The maximum Gasteiger partial charge on any atom is 0.255 e. The van der Waals surface area contributed by atoms with E-state index in [4.69, 9.17) is 0 Å². The predicted molar refractivity (Wildman–Crippen MR) is 108 cm³/mol. The first-order valence-corrected chi connectivity index (χ1v) is 9.53. The van der Waals surface area contributed by atoms with E-state index in [9.17, 15) is 4.79 Å². The van der Waals surface area contributed by atoms with Gasteiger partial charge in [-0.15, -0.1) is 0 Å². The number of rotatable bonds is 4. The van der Waals surface area contributed by atoms with E-state index in [0.29, 0.717) is 5.92 Å². The number of pyridine rings is 2. The average Bonchev–Trinajstić information content (AvgIpc) is 3.49. The third-order valence-electron chi connectivity index (χ3n) is 5.64. The molecule has 0 aliphatic heterocycles. The Morgan fingerprint density at radius 3 is 2.59 bits per heavy atom. The number of fused-ring (bicyclic) bond motifs is 1. The van der Waals surface area contributed by atoms with E-state index in [1.54, 1.807) is 0 Å². The third-order valence-corrected chi connectivity index (χ3v) is 5.64. The summed E-state index contributed by atoms with van der Waals surface area (Å²) in [5.74, 6) is 0.543. The smallest absolute Gasteiger partial charge is 0.255 e. The summed E-state index contributed by atoms with van der Waals surface area (Å²) in [7, 11) is 1.91. The quantitative estimate of drug-likeness (QED) is 0.673. The van der Waals surface area contributed by atoms with Gasteiger partial charge in [-0.25, -0.2) is 0 Å². The minimum Gasteiger partial charge on any atom is -0.333 e. The standard InChI is InChI=1S/C23H25N3O/c1-14-8-11-19-18(13-14)21(15(2)16(3)25-19)23(27)26(4)22(17-9-10-17)20-7-5-6-12-24-20/h5-8,11-13,17,22H,9-10H2,1-4H3/t22-/m1/s1. The molecule has 0 unspecified atom stereocenters. The minimum absolute atomic E-state index is 0.0198. The van der Waals surface area contributed by atoms with Crippen LogP contribution in [0, 0.1) is 26.7 Å². The summed E-state index contributed by atoms with van der Waals surface area (Å²) in [5.41, 5.74) is 5.61. The normalized spacial score (nSPS) is 15.0. The number of amides is 1. The largest absolute Gasteiger partial charge is 0.333 e. The van der Waals surface area contributed by atoms with Gasteiger partial charge in [-0.05, 0) is 69.4 Å². The molecule has 2 aromatic heterocycles. The molecule has 1 amide bonds. The zero-order valence-corrected chi connectivity index (χ0v) is 16.4. The number of hydrogen-bond acceptors (Lipinski definition) is 3. The average molecular weight is 359 g/mol. The van der Waals surface area contributed by atoms with Crippen molar-refractivity contribution >= 4 is 16.8 Å². The molecule has 4 rings (SSSR count). The second-order valence-corrected chi connectivity index (χ2v) is 7.67. The lowest BCUT2D eigenvalue weighted by Gasteiger charge is -2.29. The van der Waals surface area contributed by atoms with Gasteiger partial charge < -0.3 is 4.90 Å². The van der Waals surface area contributed by atoms with Crippen molar-refractivity contribution in [1.29, 1.82) is 0 Å². The molecule has 1 aromatic carbocycles. The Hall–Kier alpha value is -2.75. The van der Waals surface area contributed by atoms with E-state index < -0.39 is 0 Å². The summed E-state index contributed by atoms with van der Waals surface area (Å²) in [6, 6.07) is 12.1. The summed E-state index contributed by atoms with van der Waals surface area (Å²) in [6.45, 7) is 6.02. The van der Waals surface area contributed by atoms with Crippen LogP contribution in [0.4, 0.5) is 0 Å². The molecule has 1 atom stereocenters. The second kappa shape index (κ2) is 6.76. The lowest BCUT2D eigenvalue weighted by Crippen LogP contribution is -2.33. The summed E-state index contributed by atoms with van der Waals surface area (Å²) in [6.07, 6.45) is 4.10. The first kappa shape index (κ1) is 17.7. The first-order valence-electron chi connectivity index (χ1n) is 9.53. The summed E-state index contributed by atoms with van der Waals surface area (Å²) < 4.78 is 0. The van der Waals surface area contributed by atoms with Crippen molar-refractivity contribution in [2.75, 3.05) is 7.05 Å². The molecule has 4 heteroatoms. The fourth-order valence-electron chi connectivity index (χ4n) is 3.89. The highest BCUT2D eigenvalue weighted by atomic mass is 16.2. The lowest BCUT2D eigenvalue weighted by molar-refractivity contribution is 0.0708. The molecule has 1 aliphatic carbocycles. The van der Waals surface area contributed by atoms with Gasteiger partial charge in [0.25, 0.3) is 5.91 Å². The maximum atomic E-state index is 13.7. The minimum atomic E-state index is 0.0198. The van der Waals surface area contributed by atoms with Gasteiger partial charge in [-0.2, -0.15) is 0 Å². The van der Waals surface area contributed by atoms with E-state index in [1.807, 2.05) is 69.2 Å². The van der Waals surface area contributed by atoms with Crippen LogP contribution in [0.5, 0.6) is 0 Å². The van der Waals surface area contributed by atoms with E-state index in [-0.39, 0.29) is 11.9 Å². The zero-order valence-electron chi connectivity index (χ0n) is 16.4. The molecule has 1 aliphatic rings. The third kappa shape index (κ3) is 3.20. The monoisotopic (exact) mass is 359 g/mol. The van der Waals surface area contributed by atoms with Crippen LogP contribution in [0.2, 0.25) is 0 Å². The first-order chi connectivity index (χ1) is 13.0. The Labute approximate surface area is 160 Å². The van der Waals surface area contributed by atoms with Gasteiger partial charge in [0.2, 0.25) is 0 Å². The van der Waals surface area contributed by atoms with Gasteiger partial charge in [0, 0.05) is 24.3 Å². The van der Waals surface area contributed by atoms with Gasteiger partial charge >= 0.3 is 0 Å². The summed E-state index contributed by atoms with van der Waals surface area (Å²) in [4.78, 5) is 24.8. The Bertz CT molecular complexity index is 1010. The Morgan fingerprint density at radius 2 is 1.93 bits per heavy atom. The summed E-state index contributed by atoms with van der Waals surface area (Å²) in [5, 5.41) is 0.936. The van der Waals surface area contributed by atoms with Gasteiger partial charge in [-0.3, -0.25) is 14.8 Å². The molecule has 3 aromatic rings. The molecule has 27 heavy (non-hydrogen) atoms. The highest BCUT2D eigenvalue weighted by molar-refractivity contribution is 6.07. The van der Waals surface area contributed by atoms with Crippen molar-refractivity contribution in [3.8, 4) is 0 Å². The van der Waals surface area contributed by atoms with E-state index in [0.717, 1.165) is 51.8 Å². The molecule has 1 fully saturated rings. The van der Waals surface area contributed by atoms with Crippen molar-refractivity contribution in [2.45, 2.75) is 39.7 Å². The van der Waals surface area contributed by atoms with Crippen LogP contribution in [0.3, 0.4) is 0 Å². The fourth-order valence-corrected chi connectivity index (χ4v) is 3.89. The highest BCUT2D eigenvalue weighted by Crippen LogP contribution is 2.44. The van der Waals surface area contributed by atoms with Crippen molar-refractivity contribution in [1.82, 2.24) is 14.9 Å². The molecule has 4 nitrogen and oxygen atoms in total. The van der Waals surface area contributed by atoms with E-state index in [1.165, 1.54) is 0 Å². The molecule has 0 radical (unpaired) electrons. The van der Waals surface area contributed by atoms with Crippen LogP contribution in [-0.4, -0.2) is 27.8 Å². The van der Waals surface area contributed by atoms with E-state index >= 15 is 0 Å². The van der Waals surface area contributed by atoms with Crippen molar-refractivity contribution in [3.05, 3.63) is 70.7 Å². The molecule has 0 spiro atoms. The Morgan fingerprint density at radius 1 is 1.15 bits per heavy atom. The van der Waals surface area contributed by atoms with Gasteiger partial charge in [0.15, 0.2) is 0 Å². The lowest BCUT2D eigenvalue weighted by atomic mass is 9.97. The number of hydrogen-bond donors (Lipinski definition) is 0. The molecule has 0 bridgehead atoms. The van der Waals surface area contributed by atoms with Crippen LogP contribution in [0.15, 0.2) is 42.6 Å². The molecule has 1 saturated carbocycles. The molecule has 0 saturated heterocycles. The van der Waals surface area contributed by atoms with Crippen LogP contribution in [-0.2, 0) is 0 Å². The van der Waals surface area contributed by atoms with E-state index in [2.05, 4.69) is 16.0 Å². The van der Waals surface area contributed by atoms with Crippen LogP contribution in [0.1, 0.15) is 51.8 Å². The highest BCUT2D eigenvalue weighted by Gasteiger charge is 2.38. The SMILES string of the molecule is Cc1ccc2nc(C)c(C)c(C(=O)N(C)[C@@H](c3ccccn3)C3CC3)c2c1. The van der Waals surface area contributed by atoms with Crippen LogP contribution in [0.25, 0.3) is 10.9 Å². The van der Waals surface area contributed by atoms with Gasteiger partial charge in [-0.1, -0.05) is 17.7 Å².